The molecule has 0 radical (unpaired) electrons. The molecule has 0 unspecified atom stereocenters. The average molecular weight is 258 g/mol. The van der Waals surface area contributed by atoms with E-state index >= 15 is 0 Å². The number of aromatic nitrogens is 3. The molecule has 0 bridgehead atoms. The Morgan fingerprint density at radius 2 is 2.14 bits per heavy atom. The number of hydrogen-bond donors (Lipinski definition) is 0. The van der Waals surface area contributed by atoms with Gasteiger partial charge in [0.2, 0.25) is 0 Å². The predicted octanol–water partition coefficient (Wildman–Crippen LogP) is 2.91. The van der Waals surface area contributed by atoms with Crippen LogP contribution in [0.2, 0.25) is 0 Å². The van der Waals surface area contributed by atoms with Crippen molar-refractivity contribution in [3.63, 3.8) is 0 Å². The molecule has 1 heterocycles. The van der Waals surface area contributed by atoms with E-state index in [2.05, 4.69) is 26.2 Å². The van der Waals surface area contributed by atoms with Gasteiger partial charge in [0.25, 0.3) is 0 Å². The van der Waals surface area contributed by atoms with Gasteiger partial charge in [0.1, 0.15) is 5.52 Å². The Labute approximate surface area is 89.0 Å². The first-order chi connectivity index (χ1) is 6.59. The highest BCUT2D eigenvalue weighted by atomic mass is 79.9. The van der Waals surface area contributed by atoms with Crippen LogP contribution in [0.3, 0.4) is 0 Å². The maximum Gasteiger partial charge on any atom is 0.154 e. The minimum Gasteiger partial charge on any atom is -0.242 e. The molecular weight excluding hydrogens is 249 g/mol. The topological polar surface area (TPSA) is 30.7 Å². The van der Waals surface area contributed by atoms with E-state index in [1.807, 2.05) is 19.9 Å². The second-order valence-corrected chi connectivity index (χ2v) is 4.30. The lowest BCUT2D eigenvalue weighted by Crippen LogP contribution is -2.02. The molecule has 0 saturated heterocycles. The molecule has 5 heteroatoms. The SMILES string of the molecule is CC(C)n1nnc2c(F)cc(Br)cc21. The summed E-state index contributed by atoms with van der Waals surface area (Å²) < 4.78 is 15.8. The number of nitrogens with zero attached hydrogens (tertiary/aromatic N) is 3. The minimum atomic E-state index is -0.346. The number of rotatable bonds is 1. The number of benzene rings is 1. The molecule has 2 aromatic rings. The van der Waals surface area contributed by atoms with Crippen molar-refractivity contribution >= 4 is 27.0 Å². The minimum absolute atomic E-state index is 0.175. The van der Waals surface area contributed by atoms with E-state index in [4.69, 9.17) is 0 Å². The van der Waals surface area contributed by atoms with Crippen LogP contribution in [-0.2, 0) is 0 Å². The second-order valence-electron chi connectivity index (χ2n) is 3.38. The lowest BCUT2D eigenvalue weighted by atomic mass is 10.3. The molecule has 1 aromatic carbocycles. The molecule has 0 aliphatic heterocycles. The third-order valence-electron chi connectivity index (χ3n) is 1.99. The molecule has 0 fully saturated rings. The first kappa shape index (κ1) is 9.58. The van der Waals surface area contributed by atoms with Crippen molar-refractivity contribution in [2.45, 2.75) is 19.9 Å². The summed E-state index contributed by atoms with van der Waals surface area (Å²) in [6.07, 6.45) is 0. The summed E-state index contributed by atoms with van der Waals surface area (Å²) in [6, 6.07) is 3.38. The molecule has 14 heavy (non-hydrogen) atoms. The van der Waals surface area contributed by atoms with Gasteiger partial charge in [-0.25, -0.2) is 9.07 Å². The van der Waals surface area contributed by atoms with Crippen LogP contribution in [-0.4, -0.2) is 15.0 Å². The van der Waals surface area contributed by atoms with Crippen molar-refractivity contribution in [2.24, 2.45) is 0 Å². The lowest BCUT2D eigenvalue weighted by molar-refractivity contribution is 0.530. The third-order valence-corrected chi connectivity index (χ3v) is 2.44. The number of halogens is 2. The van der Waals surface area contributed by atoms with Crippen molar-refractivity contribution in [2.75, 3.05) is 0 Å². The van der Waals surface area contributed by atoms with Crippen molar-refractivity contribution in [3.05, 3.63) is 22.4 Å². The van der Waals surface area contributed by atoms with Crippen molar-refractivity contribution < 1.29 is 4.39 Å². The van der Waals surface area contributed by atoms with Gasteiger partial charge in [-0.3, -0.25) is 0 Å². The zero-order valence-corrected chi connectivity index (χ0v) is 9.42. The van der Waals surface area contributed by atoms with Gasteiger partial charge < -0.3 is 0 Å². The fraction of sp³-hybridized carbons (Fsp3) is 0.333. The van der Waals surface area contributed by atoms with Gasteiger partial charge in [-0.1, -0.05) is 21.1 Å². The van der Waals surface area contributed by atoms with Gasteiger partial charge in [0.15, 0.2) is 5.82 Å². The van der Waals surface area contributed by atoms with Crippen LogP contribution in [0.25, 0.3) is 11.0 Å². The van der Waals surface area contributed by atoms with E-state index in [1.165, 1.54) is 6.07 Å². The van der Waals surface area contributed by atoms with Crippen LogP contribution >= 0.6 is 15.9 Å². The monoisotopic (exact) mass is 257 g/mol. The second kappa shape index (κ2) is 3.31. The van der Waals surface area contributed by atoms with Crippen molar-refractivity contribution in [1.82, 2.24) is 15.0 Å². The van der Waals surface area contributed by atoms with Crippen LogP contribution in [0.5, 0.6) is 0 Å². The standard InChI is InChI=1S/C9H9BrFN3/c1-5(2)14-8-4-6(10)3-7(11)9(8)12-13-14/h3-5H,1-2H3. The molecule has 0 saturated carbocycles. The van der Waals surface area contributed by atoms with Gasteiger partial charge >= 0.3 is 0 Å². The van der Waals surface area contributed by atoms with Crippen LogP contribution in [0, 0.1) is 5.82 Å². The highest BCUT2D eigenvalue weighted by Crippen LogP contribution is 2.23. The average Bonchev–Trinajstić information content (AvgIpc) is 2.47. The third kappa shape index (κ3) is 1.41. The molecular formula is C9H9BrFN3. The fourth-order valence-corrected chi connectivity index (χ4v) is 1.77. The van der Waals surface area contributed by atoms with E-state index in [-0.39, 0.29) is 11.9 Å². The molecule has 0 aliphatic carbocycles. The van der Waals surface area contributed by atoms with Gasteiger partial charge in [-0.15, -0.1) is 5.10 Å². The molecule has 0 aliphatic rings. The highest BCUT2D eigenvalue weighted by Gasteiger charge is 2.11. The molecule has 3 nitrogen and oxygen atoms in total. The first-order valence-corrected chi connectivity index (χ1v) is 5.09. The summed E-state index contributed by atoms with van der Waals surface area (Å²) in [5.41, 5.74) is 1.04. The Kier molecular flexibility index (Phi) is 2.26. The summed E-state index contributed by atoms with van der Waals surface area (Å²) in [5.74, 6) is -0.346. The van der Waals surface area contributed by atoms with Crippen LogP contribution < -0.4 is 0 Å². The Morgan fingerprint density at radius 1 is 1.43 bits per heavy atom. The maximum absolute atomic E-state index is 13.4. The van der Waals surface area contributed by atoms with Crippen LogP contribution in [0.4, 0.5) is 4.39 Å². The van der Waals surface area contributed by atoms with E-state index in [0.717, 1.165) is 0 Å². The summed E-state index contributed by atoms with van der Waals surface area (Å²) in [4.78, 5) is 0. The molecule has 2 rings (SSSR count). The summed E-state index contributed by atoms with van der Waals surface area (Å²) in [7, 11) is 0. The maximum atomic E-state index is 13.4. The van der Waals surface area contributed by atoms with E-state index in [1.54, 1.807) is 4.68 Å². The van der Waals surface area contributed by atoms with Crippen molar-refractivity contribution in [3.8, 4) is 0 Å². The van der Waals surface area contributed by atoms with E-state index in [0.29, 0.717) is 15.5 Å². The zero-order chi connectivity index (χ0) is 10.3. The molecule has 0 N–H and O–H groups in total. The zero-order valence-electron chi connectivity index (χ0n) is 7.83. The number of fused-ring (bicyclic) bond motifs is 1. The summed E-state index contributed by atoms with van der Waals surface area (Å²) in [6.45, 7) is 3.96. The summed E-state index contributed by atoms with van der Waals surface area (Å²) >= 11 is 3.24. The molecule has 0 atom stereocenters. The van der Waals surface area contributed by atoms with Crippen LogP contribution in [0.15, 0.2) is 16.6 Å². The quantitative estimate of drug-likeness (QED) is 0.787. The largest absolute Gasteiger partial charge is 0.242 e. The lowest BCUT2D eigenvalue weighted by Gasteiger charge is -2.05. The Balaban J connectivity index is 2.78. The van der Waals surface area contributed by atoms with E-state index < -0.39 is 0 Å². The Bertz CT molecular complexity index is 478. The molecule has 1 aromatic heterocycles. The highest BCUT2D eigenvalue weighted by molar-refractivity contribution is 9.10. The van der Waals surface area contributed by atoms with Gasteiger partial charge in [0.05, 0.1) is 5.52 Å². The number of hydrogen-bond acceptors (Lipinski definition) is 2. The first-order valence-electron chi connectivity index (χ1n) is 4.29. The van der Waals surface area contributed by atoms with E-state index in [9.17, 15) is 4.39 Å². The van der Waals surface area contributed by atoms with Crippen molar-refractivity contribution in [1.29, 1.82) is 0 Å². The van der Waals surface area contributed by atoms with Crippen LogP contribution in [0.1, 0.15) is 19.9 Å². The fourth-order valence-electron chi connectivity index (χ4n) is 1.35. The smallest absolute Gasteiger partial charge is 0.154 e. The van der Waals surface area contributed by atoms with Gasteiger partial charge in [0, 0.05) is 10.5 Å². The predicted molar refractivity (Wildman–Crippen MR) is 55.6 cm³/mol. The molecule has 74 valence electrons. The summed E-state index contributed by atoms with van der Waals surface area (Å²) in [5, 5.41) is 7.70. The normalized spacial score (nSPS) is 11.5. The molecule has 0 spiro atoms. The van der Waals surface area contributed by atoms with Gasteiger partial charge in [-0.2, -0.15) is 0 Å². The Morgan fingerprint density at radius 3 is 2.79 bits per heavy atom. The Hall–Kier alpha value is -0.970. The molecule has 0 amide bonds. The van der Waals surface area contributed by atoms with Gasteiger partial charge in [-0.05, 0) is 26.0 Å².